The molecule has 0 saturated heterocycles. The molecule has 0 aromatic carbocycles. The zero-order chi connectivity index (χ0) is 15.9. The Hall–Kier alpha value is -0.810. The van der Waals surface area contributed by atoms with E-state index in [0.29, 0.717) is 25.7 Å². The molecule has 1 atom stereocenters. The molecular formula is C16H32N2O3. The van der Waals surface area contributed by atoms with Gasteiger partial charge in [0, 0.05) is 32.8 Å². The number of hydrogen-bond donors (Lipinski definition) is 1. The van der Waals surface area contributed by atoms with Crippen LogP contribution in [-0.4, -0.2) is 56.0 Å². The smallest absolute Gasteiger partial charge is 0.410 e. The van der Waals surface area contributed by atoms with Crippen LogP contribution >= 0.6 is 0 Å². The van der Waals surface area contributed by atoms with Crippen molar-refractivity contribution in [2.75, 3.05) is 33.4 Å². The average molecular weight is 300 g/mol. The molecule has 1 aliphatic carbocycles. The zero-order valence-corrected chi connectivity index (χ0v) is 14.3. The van der Waals surface area contributed by atoms with Crippen molar-refractivity contribution in [3.63, 3.8) is 0 Å². The maximum atomic E-state index is 12.2. The molecule has 1 rings (SSSR count). The first-order valence-corrected chi connectivity index (χ1v) is 8.07. The molecule has 1 aliphatic rings. The van der Waals surface area contributed by atoms with E-state index in [4.69, 9.17) is 9.47 Å². The van der Waals surface area contributed by atoms with Gasteiger partial charge in [-0.05, 0) is 46.0 Å². The van der Waals surface area contributed by atoms with Gasteiger partial charge in [0.15, 0.2) is 0 Å². The standard InChI is InChI=1S/C16H32N2O3/c1-6-14(13-7-8-13)17-9-10-18(11-12-20-5)15(19)21-16(2,3)4/h13-14,17H,6-12H2,1-5H3. The lowest BCUT2D eigenvalue weighted by Crippen LogP contribution is -2.43. The van der Waals surface area contributed by atoms with Crippen molar-refractivity contribution < 1.29 is 14.3 Å². The molecule has 1 amide bonds. The van der Waals surface area contributed by atoms with Crippen LogP contribution in [-0.2, 0) is 9.47 Å². The molecule has 1 saturated carbocycles. The summed E-state index contributed by atoms with van der Waals surface area (Å²) in [5.74, 6) is 0.837. The number of methoxy groups -OCH3 is 1. The van der Waals surface area contributed by atoms with E-state index in [1.807, 2.05) is 20.8 Å². The number of amides is 1. The lowest BCUT2D eigenvalue weighted by Gasteiger charge is -2.28. The SMILES string of the molecule is CCC(NCCN(CCOC)C(=O)OC(C)(C)C)C1CC1. The number of hydrogen-bond acceptors (Lipinski definition) is 4. The summed E-state index contributed by atoms with van der Waals surface area (Å²) in [6.45, 7) is 10.4. The highest BCUT2D eigenvalue weighted by Gasteiger charge is 2.29. The minimum atomic E-state index is -0.462. The van der Waals surface area contributed by atoms with Crippen LogP contribution in [0.3, 0.4) is 0 Å². The van der Waals surface area contributed by atoms with E-state index in [9.17, 15) is 4.79 Å². The minimum absolute atomic E-state index is 0.263. The monoisotopic (exact) mass is 300 g/mol. The van der Waals surface area contributed by atoms with Crippen molar-refractivity contribution in [1.82, 2.24) is 10.2 Å². The zero-order valence-electron chi connectivity index (χ0n) is 14.3. The molecule has 0 aromatic heterocycles. The fourth-order valence-electron chi connectivity index (χ4n) is 2.35. The van der Waals surface area contributed by atoms with Gasteiger partial charge in [-0.15, -0.1) is 0 Å². The van der Waals surface area contributed by atoms with Crippen molar-refractivity contribution in [2.24, 2.45) is 5.92 Å². The molecule has 0 bridgehead atoms. The van der Waals surface area contributed by atoms with Gasteiger partial charge in [0.25, 0.3) is 0 Å². The summed E-state index contributed by atoms with van der Waals surface area (Å²) in [7, 11) is 1.64. The number of ether oxygens (including phenoxy) is 2. The van der Waals surface area contributed by atoms with Crippen molar-refractivity contribution in [2.45, 2.75) is 58.6 Å². The van der Waals surface area contributed by atoms with Gasteiger partial charge in [0.1, 0.15) is 5.60 Å². The van der Waals surface area contributed by atoms with Gasteiger partial charge < -0.3 is 19.7 Å². The van der Waals surface area contributed by atoms with E-state index in [-0.39, 0.29) is 6.09 Å². The van der Waals surface area contributed by atoms with Crippen LogP contribution < -0.4 is 5.32 Å². The molecule has 0 radical (unpaired) electrons. The first kappa shape index (κ1) is 18.2. The maximum absolute atomic E-state index is 12.2. The third-order valence-corrected chi connectivity index (χ3v) is 3.64. The van der Waals surface area contributed by atoms with Crippen LogP contribution in [0.1, 0.15) is 47.0 Å². The van der Waals surface area contributed by atoms with Gasteiger partial charge in [0.05, 0.1) is 6.61 Å². The Morgan fingerprint density at radius 3 is 2.48 bits per heavy atom. The van der Waals surface area contributed by atoms with E-state index in [1.54, 1.807) is 12.0 Å². The molecule has 5 nitrogen and oxygen atoms in total. The van der Waals surface area contributed by atoms with E-state index < -0.39 is 5.60 Å². The first-order valence-electron chi connectivity index (χ1n) is 8.07. The molecule has 0 aliphatic heterocycles. The van der Waals surface area contributed by atoms with Crippen LogP contribution in [0, 0.1) is 5.92 Å². The van der Waals surface area contributed by atoms with Gasteiger partial charge in [-0.2, -0.15) is 0 Å². The second kappa shape index (κ2) is 8.59. The maximum Gasteiger partial charge on any atom is 0.410 e. The van der Waals surface area contributed by atoms with Crippen molar-refractivity contribution in [1.29, 1.82) is 0 Å². The summed E-state index contributed by atoms with van der Waals surface area (Å²) in [5.41, 5.74) is -0.462. The number of nitrogens with zero attached hydrogens (tertiary/aromatic N) is 1. The van der Waals surface area contributed by atoms with Crippen LogP contribution in [0.2, 0.25) is 0 Å². The van der Waals surface area contributed by atoms with Crippen LogP contribution in [0.4, 0.5) is 4.79 Å². The second-order valence-electron chi connectivity index (χ2n) is 6.77. The minimum Gasteiger partial charge on any atom is -0.444 e. The topological polar surface area (TPSA) is 50.8 Å². The van der Waals surface area contributed by atoms with Crippen LogP contribution in [0.5, 0.6) is 0 Å². The number of carbonyl (C=O) groups excluding carboxylic acids is 1. The Morgan fingerprint density at radius 2 is 2.00 bits per heavy atom. The number of nitrogens with one attached hydrogen (secondary N) is 1. The Kier molecular flexibility index (Phi) is 7.46. The molecule has 21 heavy (non-hydrogen) atoms. The molecule has 1 fully saturated rings. The number of carbonyl (C=O) groups is 1. The highest BCUT2D eigenvalue weighted by Crippen LogP contribution is 2.33. The lowest BCUT2D eigenvalue weighted by atomic mass is 10.1. The van der Waals surface area contributed by atoms with Gasteiger partial charge >= 0.3 is 6.09 Å². The first-order chi connectivity index (χ1) is 9.87. The molecule has 1 N–H and O–H groups in total. The second-order valence-corrected chi connectivity index (χ2v) is 6.77. The summed E-state index contributed by atoms with van der Waals surface area (Å²) in [6, 6.07) is 0.591. The Bertz CT molecular complexity index is 311. The predicted octanol–water partition coefficient (Wildman–Crippen LogP) is 2.65. The van der Waals surface area contributed by atoms with Crippen LogP contribution in [0.25, 0.3) is 0 Å². The Morgan fingerprint density at radius 1 is 1.33 bits per heavy atom. The fourth-order valence-corrected chi connectivity index (χ4v) is 2.35. The number of rotatable bonds is 9. The van der Waals surface area contributed by atoms with Gasteiger partial charge in [-0.3, -0.25) is 0 Å². The molecule has 1 unspecified atom stereocenters. The molecular weight excluding hydrogens is 268 g/mol. The Labute approximate surface area is 129 Å². The third kappa shape index (κ3) is 7.67. The van der Waals surface area contributed by atoms with Gasteiger partial charge in [-0.1, -0.05) is 6.92 Å². The molecule has 0 heterocycles. The highest BCUT2D eigenvalue weighted by atomic mass is 16.6. The predicted molar refractivity (Wildman–Crippen MR) is 84.5 cm³/mol. The molecule has 124 valence electrons. The third-order valence-electron chi connectivity index (χ3n) is 3.64. The van der Waals surface area contributed by atoms with E-state index >= 15 is 0 Å². The summed E-state index contributed by atoms with van der Waals surface area (Å²) in [6.07, 6.45) is 3.56. The summed E-state index contributed by atoms with van der Waals surface area (Å²) in [5, 5.41) is 3.57. The summed E-state index contributed by atoms with van der Waals surface area (Å²) in [4.78, 5) is 13.9. The lowest BCUT2D eigenvalue weighted by molar-refractivity contribution is 0.0202. The van der Waals surface area contributed by atoms with Crippen molar-refractivity contribution in [3.05, 3.63) is 0 Å². The average Bonchev–Trinajstić information content (AvgIpc) is 3.20. The van der Waals surface area contributed by atoms with Crippen LogP contribution in [0.15, 0.2) is 0 Å². The highest BCUT2D eigenvalue weighted by molar-refractivity contribution is 5.68. The van der Waals surface area contributed by atoms with E-state index in [2.05, 4.69) is 12.2 Å². The quantitative estimate of drug-likeness (QED) is 0.711. The van der Waals surface area contributed by atoms with Gasteiger partial charge in [0.2, 0.25) is 0 Å². The molecule has 0 aromatic rings. The largest absolute Gasteiger partial charge is 0.444 e. The van der Waals surface area contributed by atoms with E-state index in [0.717, 1.165) is 18.9 Å². The Balaban J connectivity index is 2.39. The molecule has 5 heteroatoms. The van der Waals surface area contributed by atoms with Crippen molar-refractivity contribution in [3.8, 4) is 0 Å². The summed E-state index contributed by atoms with van der Waals surface area (Å²) < 4.78 is 10.5. The van der Waals surface area contributed by atoms with E-state index in [1.165, 1.54) is 12.8 Å². The fraction of sp³-hybridized carbons (Fsp3) is 0.938. The van der Waals surface area contributed by atoms with Gasteiger partial charge in [-0.25, -0.2) is 4.79 Å². The van der Waals surface area contributed by atoms with Crippen molar-refractivity contribution >= 4 is 6.09 Å². The molecule has 0 spiro atoms. The summed E-state index contributed by atoms with van der Waals surface area (Å²) >= 11 is 0. The normalized spacial score (nSPS) is 16.6.